The lowest BCUT2D eigenvalue weighted by Crippen LogP contribution is -2.37. The van der Waals surface area contributed by atoms with Gasteiger partial charge in [-0.3, -0.25) is 0 Å². The van der Waals surface area contributed by atoms with Crippen LogP contribution in [0.15, 0.2) is 24.3 Å². The molecule has 1 aliphatic heterocycles. The van der Waals surface area contributed by atoms with E-state index in [2.05, 4.69) is 55.3 Å². The van der Waals surface area contributed by atoms with Crippen LogP contribution in [0, 0.1) is 0 Å². The van der Waals surface area contributed by atoms with Crippen molar-refractivity contribution in [2.45, 2.75) is 39.5 Å². The third kappa shape index (κ3) is 3.47. The summed E-state index contributed by atoms with van der Waals surface area (Å²) in [4.78, 5) is 2.43. The van der Waals surface area contributed by atoms with Gasteiger partial charge < -0.3 is 15.0 Å². The summed E-state index contributed by atoms with van der Waals surface area (Å²) in [5.41, 5.74) is 2.73. The van der Waals surface area contributed by atoms with Crippen molar-refractivity contribution in [2.75, 3.05) is 24.6 Å². The van der Waals surface area contributed by atoms with E-state index < -0.39 is 0 Å². The molecule has 0 saturated heterocycles. The van der Waals surface area contributed by atoms with Gasteiger partial charge in [0.2, 0.25) is 0 Å². The molecule has 0 saturated carbocycles. The molecule has 0 amide bonds. The molecule has 100 valence electrons. The quantitative estimate of drug-likeness (QED) is 0.885. The molecule has 0 spiro atoms. The zero-order valence-corrected chi connectivity index (χ0v) is 11.6. The Labute approximate surface area is 110 Å². The molecule has 1 aromatic rings. The van der Waals surface area contributed by atoms with Gasteiger partial charge in [-0.2, -0.15) is 0 Å². The van der Waals surface area contributed by atoms with Crippen LogP contribution in [0.2, 0.25) is 0 Å². The summed E-state index contributed by atoms with van der Waals surface area (Å²) in [6, 6.07) is 9.15. The summed E-state index contributed by atoms with van der Waals surface area (Å²) >= 11 is 0. The van der Waals surface area contributed by atoms with Gasteiger partial charge in [-0.1, -0.05) is 18.2 Å². The minimum Gasteiger partial charge on any atom is -0.377 e. The maximum Gasteiger partial charge on any atom is 0.0645 e. The molecule has 0 aromatic heterocycles. The van der Waals surface area contributed by atoms with Gasteiger partial charge in [0.25, 0.3) is 0 Å². The van der Waals surface area contributed by atoms with Crippen molar-refractivity contribution < 1.29 is 4.74 Å². The number of hydrogen-bond acceptors (Lipinski definition) is 3. The number of ether oxygens (including phenoxy) is 1. The topological polar surface area (TPSA) is 24.5 Å². The minimum absolute atomic E-state index is 0.308. The highest BCUT2D eigenvalue weighted by atomic mass is 16.5. The van der Waals surface area contributed by atoms with E-state index in [0.717, 1.165) is 26.2 Å². The van der Waals surface area contributed by atoms with Crippen LogP contribution in [-0.4, -0.2) is 31.8 Å². The number of anilines is 1. The Bertz CT molecular complexity index is 379. The number of nitrogens with one attached hydrogen (secondary N) is 1. The largest absolute Gasteiger partial charge is 0.377 e. The maximum absolute atomic E-state index is 5.67. The molecule has 0 bridgehead atoms. The van der Waals surface area contributed by atoms with Gasteiger partial charge in [0.1, 0.15) is 0 Å². The molecule has 3 nitrogen and oxygen atoms in total. The van der Waals surface area contributed by atoms with Gasteiger partial charge >= 0.3 is 0 Å². The predicted octanol–water partition coefficient (Wildman–Crippen LogP) is 2.41. The minimum atomic E-state index is 0.308. The van der Waals surface area contributed by atoms with Crippen LogP contribution < -0.4 is 10.2 Å². The molecule has 1 heterocycles. The van der Waals surface area contributed by atoms with Crippen molar-refractivity contribution in [3.8, 4) is 0 Å². The molecule has 1 unspecified atom stereocenters. The number of nitrogens with zero attached hydrogens (tertiary/aromatic N) is 1. The Kier molecular flexibility index (Phi) is 4.61. The van der Waals surface area contributed by atoms with E-state index in [1.807, 2.05) is 0 Å². The van der Waals surface area contributed by atoms with Crippen LogP contribution in [-0.2, 0) is 11.3 Å². The molecule has 18 heavy (non-hydrogen) atoms. The Morgan fingerprint density at radius 3 is 2.94 bits per heavy atom. The van der Waals surface area contributed by atoms with Crippen LogP contribution in [0.3, 0.4) is 0 Å². The Morgan fingerprint density at radius 2 is 2.17 bits per heavy atom. The number of fused-ring (bicyclic) bond motifs is 1. The molecule has 0 radical (unpaired) electrons. The average molecular weight is 248 g/mol. The summed E-state index contributed by atoms with van der Waals surface area (Å²) in [7, 11) is 0. The van der Waals surface area contributed by atoms with Gasteiger partial charge in [0.15, 0.2) is 0 Å². The number of hydrogen-bond donors (Lipinski definition) is 1. The Hall–Kier alpha value is -1.06. The lowest BCUT2D eigenvalue weighted by atomic mass is 10.1. The van der Waals surface area contributed by atoms with E-state index in [-0.39, 0.29) is 0 Å². The molecule has 1 N–H and O–H groups in total. The second kappa shape index (κ2) is 6.21. The molecular formula is C15H24N2O. The van der Waals surface area contributed by atoms with Crippen molar-refractivity contribution in [1.82, 2.24) is 5.32 Å². The molecule has 1 aliphatic rings. The number of rotatable bonds is 4. The fourth-order valence-corrected chi connectivity index (χ4v) is 2.36. The fourth-order valence-electron chi connectivity index (χ4n) is 2.36. The van der Waals surface area contributed by atoms with E-state index in [0.29, 0.717) is 12.1 Å². The van der Waals surface area contributed by atoms with Crippen LogP contribution in [0.25, 0.3) is 0 Å². The SMILES string of the molecule is CC1CN(CCOC(C)C)c2ccccc2CN1. The lowest BCUT2D eigenvalue weighted by molar-refractivity contribution is 0.0839. The summed E-state index contributed by atoms with van der Waals surface area (Å²) in [5.74, 6) is 0. The van der Waals surface area contributed by atoms with Crippen LogP contribution in [0.5, 0.6) is 0 Å². The van der Waals surface area contributed by atoms with Crippen molar-refractivity contribution in [3.05, 3.63) is 29.8 Å². The predicted molar refractivity (Wildman–Crippen MR) is 76.0 cm³/mol. The van der Waals surface area contributed by atoms with E-state index in [4.69, 9.17) is 4.74 Å². The molecule has 0 fully saturated rings. The molecule has 3 heteroatoms. The number of benzene rings is 1. The van der Waals surface area contributed by atoms with Crippen LogP contribution >= 0.6 is 0 Å². The molecule has 1 aromatic carbocycles. The summed E-state index contributed by atoms with van der Waals surface area (Å²) in [6.07, 6.45) is 0.308. The summed E-state index contributed by atoms with van der Waals surface area (Å²) < 4.78 is 5.67. The third-order valence-electron chi connectivity index (χ3n) is 3.28. The second-order valence-corrected chi connectivity index (χ2v) is 5.28. The fraction of sp³-hybridized carbons (Fsp3) is 0.600. The summed E-state index contributed by atoms with van der Waals surface area (Å²) in [5, 5.41) is 3.55. The smallest absolute Gasteiger partial charge is 0.0645 e. The Balaban J connectivity index is 2.06. The first-order chi connectivity index (χ1) is 8.66. The zero-order valence-electron chi connectivity index (χ0n) is 11.6. The van der Waals surface area contributed by atoms with Crippen molar-refractivity contribution >= 4 is 5.69 Å². The highest BCUT2D eigenvalue weighted by Crippen LogP contribution is 2.22. The van der Waals surface area contributed by atoms with Crippen LogP contribution in [0.4, 0.5) is 5.69 Å². The maximum atomic E-state index is 5.67. The van der Waals surface area contributed by atoms with E-state index in [1.54, 1.807) is 0 Å². The standard InChI is InChI=1S/C15H24N2O/c1-12(2)18-9-8-17-11-13(3)16-10-14-6-4-5-7-15(14)17/h4-7,12-13,16H,8-11H2,1-3H3. The molecular weight excluding hydrogens is 224 g/mol. The van der Waals surface area contributed by atoms with Gasteiger partial charge in [-0.15, -0.1) is 0 Å². The van der Waals surface area contributed by atoms with Crippen LogP contribution in [0.1, 0.15) is 26.3 Å². The van der Waals surface area contributed by atoms with Crippen molar-refractivity contribution in [2.24, 2.45) is 0 Å². The number of para-hydroxylation sites is 1. The average Bonchev–Trinajstić information content (AvgIpc) is 2.50. The highest BCUT2D eigenvalue weighted by Gasteiger charge is 2.18. The highest BCUT2D eigenvalue weighted by molar-refractivity contribution is 5.54. The molecule has 2 rings (SSSR count). The van der Waals surface area contributed by atoms with E-state index in [1.165, 1.54) is 11.3 Å². The first-order valence-electron chi connectivity index (χ1n) is 6.84. The first kappa shape index (κ1) is 13.4. The lowest BCUT2D eigenvalue weighted by Gasteiger charge is -2.26. The van der Waals surface area contributed by atoms with Gasteiger partial charge in [-0.05, 0) is 32.4 Å². The summed E-state index contributed by atoms with van der Waals surface area (Å²) in [6.45, 7) is 10.2. The van der Waals surface area contributed by atoms with Gasteiger partial charge in [0.05, 0.1) is 12.7 Å². The van der Waals surface area contributed by atoms with Gasteiger partial charge in [-0.25, -0.2) is 0 Å². The van der Waals surface area contributed by atoms with E-state index >= 15 is 0 Å². The van der Waals surface area contributed by atoms with Crippen molar-refractivity contribution in [1.29, 1.82) is 0 Å². The first-order valence-corrected chi connectivity index (χ1v) is 6.84. The molecule has 1 atom stereocenters. The van der Waals surface area contributed by atoms with E-state index in [9.17, 15) is 0 Å². The molecule has 0 aliphatic carbocycles. The van der Waals surface area contributed by atoms with Crippen molar-refractivity contribution in [3.63, 3.8) is 0 Å². The third-order valence-corrected chi connectivity index (χ3v) is 3.28. The monoisotopic (exact) mass is 248 g/mol. The Morgan fingerprint density at radius 1 is 1.39 bits per heavy atom. The zero-order chi connectivity index (χ0) is 13.0. The normalized spacial score (nSPS) is 19.8. The second-order valence-electron chi connectivity index (χ2n) is 5.28. The van der Waals surface area contributed by atoms with Gasteiger partial charge in [0, 0.05) is 31.4 Å².